The number of halogens is 2. The first-order valence-corrected chi connectivity index (χ1v) is 10.6. The van der Waals surface area contributed by atoms with Crippen LogP contribution in [0.2, 0.25) is 10.0 Å². The molecule has 0 spiro atoms. The second kappa shape index (κ2) is 8.38. The minimum atomic E-state index is -0.512. The third-order valence-electron chi connectivity index (χ3n) is 5.87. The van der Waals surface area contributed by atoms with Crippen LogP contribution in [0.15, 0.2) is 48.7 Å². The fourth-order valence-electron chi connectivity index (χ4n) is 4.23. The number of pyridine rings is 1. The first-order valence-electron chi connectivity index (χ1n) is 9.86. The van der Waals surface area contributed by atoms with E-state index in [1.807, 2.05) is 24.3 Å². The van der Waals surface area contributed by atoms with Crippen molar-refractivity contribution in [2.75, 3.05) is 5.32 Å². The minimum absolute atomic E-state index is 0.0366. The van der Waals surface area contributed by atoms with Gasteiger partial charge in [-0.3, -0.25) is 15.1 Å². The van der Waals surface area contributed by atoms with Crippen molar-refractivity contribution in [2.24, 2.45) is 5.73 Å². The summed E-state index contributed by atoms with van der Waals surface area (Å²) in [6.45, 7) is 0. The Kier molecular flexibility index (Phi) is 5.82. The molecule has 0 radical (unpaired) electrons. The van der Waals surface area contributed by atoms with Crippen LogP contribution in [0.3, 0.4) is 0 Å². The quantitative estimate of drug-likeness (QED) is 0.386. The molecule has 3 aromatic rings. The number of fused-ring (bicyclic) bond motifs is 1. The van der Waals surface area contributed by atoms with Gasteiger partial charge in [0.1, 0.15) is 0 Å². The molecule has 3 N–H and O–H groups in total. The summed E-state index contributed by atoms with van der Waals surface area (Å²) in [4.78, 5) is 15.4. The van der Waals surface area contributed by atoms with Gasteiger partial charge in [0.2, 0.25) is 0 Å². The third kappa shape index (κ3) is 4.36. The van der Waals surface area contributed by atoms with Gasteiger partial charge in [-0.25, -0.2) is 0 Å². The molecule has 6 nitrogen and oxygen atoms in total. The van der Waals surface area contributed by atoms with Gasteiger partial charge in [-0.15, -0.1) is 0 Å². The lowest BCUT2D eigenvalue weighted by atomic mass is 9.76. The molecule has 1 saturated carbocycles. The van der Waals surface area contributed by atoms with Crippen molar-refractivity contribution in [3.05, 3.63) is 74.4 Å². The summed E-state index contributed by atoms with van der Waals surface area (Å²) in [5.74, 6) is 0. The molecule has 0 aliphatic heterocycles. The summed E-state index contributed by atoms with van der Waals surface area (Å²) >= 11 is 12.3. The Hall–Kier alpha value is -2.41. The number of rotatable bonds is 5. The number of nitro groups is 1. The van der Waals surface area contributed by atoms with Crippen LogP contribution in [-0.2, 0) is 6.42 Å². The number of aromatic nitrogens is 1. The highest BCUT2D eigenvalue weighted by atomic mass is 35.5. The van der Waals surface area contributed by atoms with Crippen molar-refractivity contribution >= 4 is 45.5 Å². The first kappa shape index (κ1) is 20.8. The topological polar surface area (TPSA) is 94.1 Å². The normalized spacial score (nSPS) is 21.5. The van der Waals surface area contributed by atoms with E-state index in [-0.39, 0.29) is 11.7 Å². The van der Waals surface area contributed by atoms with Gasteiger partial charge in [0.05, 0.1) is 21.0 Å². The third-order valence-corrected chi connectivity index (χ3v) is 6.45. The van der Waals surface area contributed by atoms with E-state index >= 15 is 0 Å². The second-order valence-electron chi connectivity index (χ2n) is 7.97. The fraction of sp³-hybridized carbons (Fsp3) is 0.318. The average Bonchev–Trinajstić information content (AvgIpc) is 2.71. The van der Waals surface area contributed by atoms with E-state index in [4.69, 9.17) is 28.9 Å². The molecule has 0 bridgehead atoms. The number of benzene rings is 2. The molecule has 2 aromatic carbocycles. The predicted molar refractivity (Wildman–Crippen MR) is 121 cm³/mol. The number of nitrogens with zero attached hydrogens (tertiary/aromatic N) is 2. The Morgan fingerprint density at radius 1 is 1.20 bits per heavy atom. The maximum atomic E-state index is 11.4. The number of nitro benzene ring substituents is 1. The fourth-order valence-corrected chi connectivity index (χ4v) is 4.63. The maximum Gasteiger partial charge on any atom is 0.274 e. The number of hydrogen-bond donors (Lipinski definition) is 2. The minimum Gasteiger partial charge on any atom is -0.382 e. The molecule has 0 unspecified atom stereocenters. The van der Waals surface area contributed by atoms with Crippen LogP contribution < -0.4 is 11.1 Å². The number of nitrogens with two attached hydrogens (primary N) is 1. The molecule has 1 aromatic heterocycles. The molecule has 156 valence electrons. The summed E-state index contributed by atoms with van der Waals surface area (Å²) < 4.78 is 0. The zero-order valence-corrected chi connectivity index (χ0v) is 17.8. The SMILES string of the molecule is NC1(Cc2c(Cl)cccc2[N+](=O)[O-])CCC(Nc2ccnc3cc(Cl)ccc23)CC1. The van der Waals surface area contributed by atoms with E-state index in [0.29, 0.717) is 22.0 Å². The lowest BCUT2D eigenvalue weighted by molar-refractivity contribution is -0.385. The Morgan fingerprint density at radius 3 is 2.70 bits per heavy atom. The first-order chi connectivity index (χ1) is 14.3. The molecule has 1 fully saturated rings. The van der Waals surface area contributed by atoms with Crippen molar-refractivity contribution in [1.82, 2.24) is 4.98 Å². The van der Waals surface area contributed by atoms with Crippen LogP contribution in [0.1, 0.15) is 31.2 Å². The van der Waals surface area contributed by atoms with Crippen LogP contribution in [0.5, 0.6) is 0 Å². The largest absolute Gasteiger partial charge is 0.382 e. The Balaban J connectivity index is 1.46. The molecular weight excluding hydrogens is 423 g/mol. The molecule has 0 amide bonds. The summed E-state index contributed by atoms with van der Waals surface area (Å²) in [5.41, 5.74) is 8.58. The highest BCUT2D eigenvalue weighted by molar-refractivity contribution is 6.31. The van der Waals surface area contributed by atoms with Crippen LogP contribution in [-0.4, -0.2) is 21.5 Å². The molecule has 0 atom stereocenters. The summed E-state index contributed by atoms with van der Waals surface area (Å²) in [5, 5.41) is 17.1. The van der Waals surface area contributed by atoms with Crippen molar-refractivity contribution in [3.8, 4) is 0 Å². The highest BCUT2D eigenvalue weighted by Gasteiger charge is 2.34. The van der Waals surface area contributed by atoms with Crippen LogP contribution in [0, 0.1) is 10.1 Å². The van der Waals surface area contributed by atoms with Crippen LogP contribution in [0.25, 0.3) is 10.9 Å². The Bertz CT molecular complexity index is 1100. The number of anilines is 1. The van der Waals surface area contributed by atoms with Gasteiger partial charge >= 0.3 is 0 Å². The van der Waals surface area contributed by atoms with E-state index in [1.54, 1.807) is 18.3 Å². The van der Waals surface area contributed by atoms with Gasteiger partial charge in [0, 0.05) is 39.9 Å². The molecule has 1 heterocycles. The zero-order chi connectivity index (χ0) is 21.3. The van der Waals surface area contributed by atoms with E-state index in [2.05, 4.69) is 10.3 Å². The van der Waals surface area contributed by atoms with E-state index in [1.165, 1.54) is 6.07 Å². The highest BCUT2D eigenvalue weighted by Crippen LogP contribution is 2.36. The van der Waals surface area contributed by atoms with Crippen molar-refractivity contribution < 1.29 is 4.92 Å². The van der Waals surface area contributed by atoms with Gasteiger partial charge in [-0.05, 0) is 62.4 Å². The number of hydrogen-bond acceptors (Lipinski definition) is 5. The van der Waals surface area contributed by atoms with Gasteiger partial charge in [-0.1, -0.05) is 29.3 Å². The van der Waals surface area contributed by atoms with Gasteiger partial charge in [0.15, 0.2) is 0 Å². The van der Waals surface area contributed by atoms with E-state index in [0.717, 1.165) is 42.3 Å². The van der Waals surface area contributed by atoms with Gasteiger partial charge in [0.25, 0.3) is 5.69 Å². The van der Waals surface area contributed by atoms with Gasteiger partial charge in [-0.2, -0.15) is 0 Å². The Morgan fingerprint density at radius 2 is 1.97 bits per heavy atom. The van der Waals surface area contributed by atoms with Crippen molar-refractivity contribution in [1.29, 1.82) is 0 Å². The van der Waals surface area contributed by atoms with Crippen molar-refractivity contribution in [2.45, 2.75) is 43.7 Å². The summed E-state index contributed by atoms with van der Waals surface area (Å²) in [6, 6.07) is 12.7. The van der Waals surface area contributed by atoms with E-state index in [9.17, 15) is 10.1 Å². The maximum absolute atomic E-state index is 11.4. The molecule has 0 saturated heterocycles. The second-order valence-corrected chi connectivity index (χ2v) is 8.82. The molecule has 30 heavy (non-hydrogen) atoms. The zero-order valence-electron chi connectivity index (χ0n) is 16.3. The van der Waals surface area contributed by atoms with E-state index < -0.39 is 10.5 Å². The smallest absolute Gasteiger partial charge is 0.274 e. The van der Waals surface area contributed by atoms with Crippen molar-refractivity contribution in [3.63, 3.8) is 0 Å². The monoisotopic (exact) mass is 444 g/mol. The van der Waals surface area contributed by atoms with Gasteiger partial charge < -0.3 is 11.1 Å². The molecular formula is C22H22Cl2N4O2. The summed E-state index contributed by atoms with van der Waals surface area (Å²) in [7, 11) is 0. The van der Waals surface area contributed by atoms with Crippen LogP contribution in [0.4, 0.5) is 11.4 Å². The lowest BCUT2D eigenvalue weighted by Crippen LogP contribution is -2.47. The van der Waals surface area contributed by atoms with Crippen LogP contribution >= 0.6 is 23.2 Å². The molecule has 1 aliphatic carbocycles. The standard InChI is InChI=1S/C22H22Cl2N4O2/c23-14-4-5-16-19(8-11-26-20(16)12-14)27-15-6-9-22(25,10-7-15)13-17-18(24)2-1-3-21(17)28(29)30/h1-5,8,11-12,15H,6-7,9-10,13,25H2,(H,26,27). The number of nitrogens with one attached hydrogen (secondary N) is 1. The lowest BCUT2D eigenvalue weighted by Gasteiger charge is -2.38. The molecule has 8 heteroatoms. The summed E-state index contributed by atoms with van der Waals surface area (Å²) in [6.07, 6.45) is 5.40. The average molecular weight is 445 g/mol. The Labute approximate surface area is 184 Å². The molecule has 4 rings (SSSR count). The predicted octanol–water partition coefficient (Wildman–Crippen LogP) is 5.74. The molecule has 1 aliphatic rings.